The van der Waals surface area contributed by atoms with E-state index >= 15 is 0 Å². The summed E-state index contributed by atoms with van der Waals surface area (Å²) in [6, 6.07) is 9.25. The van der Waals surface area contributed by atoms with Gasteiger partial charge in [-0.15, -0.1) is 0 Å². The SMILES string of the molecule is Cc1c[c]cc2ccn(C)c12. The van der Waals surface area contributed by atoms with Crippen LogP contribution in [0, 0.1) is 13.0 Å². The Morgan fingerprint density at radius 3 is 2.91 bits per heavy atom. The lowest BCUT2D eigenvalue weighted by Gasteiger charge is -1.98. The number of aryl methyl sites for hydroxylation is 2. The van der Waals surface area contributed by atoms with Gasteiger partial charge in [-0.25, -0.2) is 0 Å². The molecular weight excluding hydrogens is 134 g/mol. The van der Waals surface area contributed by atoms with E-state index in [1.165, 1.54) is 16.5 Å². The fourth-order valence-electron chi connectivity index (χ4n) is 1.50. The smallest absolute Gasteiger partial charge is 0.0507 e. The van der Waals surface area contributed by atoms with E-state index in [1.807, 2.05) is 12.1 Å². The van der Waals surface area contributed by atoms with E-state index in [0.29, 0.717) is 0 Å². The molecule has 0 amide bonds. The molecule has 1 nitrogen and oxygen atoms in total. The van der Waals surface area contributed by atoms with Gasteiger partial charge in [-0.1, -0.05) is 0 Å². The van der Waals surface area contributed by atoms with Crippen molar-refractivity contribution in [2.75, 3.05) is 0 Å². The summed E-state index contributed by atoms with van der Waals surface area (Å²) in [6.07, 6.45) is 2.07. The van der Waals surface area contributed by atoms with Gasteiger partial charge in [0.25, 0.3) is 0 Å². The lowest BCUT2D eigenvalue weighted by molar-refractivity contribution is 0.964. The Balaban J connectivity index is 2.96. The molecule has 11 heavy (non-hydrogen) atoms. The Kier molecular flexibility index (Phi) is 1.25. The zero-order valence-electron chi connectivity index (χ0n) is 6.76. The molecule has 0 atom stereocenters. The van der Waals surface area contributed by atoms with Crippen LogP contribution >= 0.6 is 0 Å². The molecule has 2 rings (SSSR count). The maximum atomic E-state index is 3.10. The average Bonchev–Trinajstić information content (AvgIpc) is 2.34. The molecule has 2 aromatic rings. The molecule has 1 heteroatoms. The quantitative estimate of drug-likeness (QED) is 0.534. The van der Waals surface area contributed by atoms with Crippen LogP contribution in [-0.4, -0.2) is 4.57 Å². The highest BCUT2D eigenvalue weighted by atomic mass is 14.9. The molecule has 1 aromatic heterocycles. The summed E-state index contributed by atoms with van der Waals surface area (Å²) in [4.78, 5) is 0. The zero-order chi connectivity index (χ0) is 7.84. The van der Waals surface area contributed by atoms with E-state index < -0.39 is 0 Å². The number of fused-ring (bicyclic) bond motifs is 1. The highest BCUT2D eigenvalue weighted by Crippen LogP contribution is 2.17. The number of rotatable bonds is 0. The van der Waals surface area contributed by atoms with Crippen molar-refractivity contribution in [1.82, 2.24) is 4.57 Å². The maximum Gasteiger partial charge on any atom is 0.0507 e. The fourth-order valence-corrected chi connectivity index (χ4v) is 1.50. The molecule has 1 radical (unpaired) electrons. The lowest BCUT2D eigenvalue weighted by Crippen LogP contribution is -1.86. The second-order valence-electron chi connectivity index (χ2n) is 2.87. The molecule has 0 N–H and O–H groups in total. The lowest BCUT2D eigenvalue weighted by atomic mass is 10.2. The molecule has 55 valence electrons. The minimum atomic E-state index is 1.27. The topological polar surface area (TPSA) is 4.93 Å². The van der Waals surface area contributed by atoms with Gasteiger partial charge >= 0.3 is 0 Å². The first-order valence-corrected chi connectivity index (χ1v) is 3.71. The van der Waals surface area contributed by atoms with Crippen LogP contribution in [0.5, 0.6) is 0 Å². The predicted octanol–water partition coefficient (Wildman–Crippen LogP) is 2.29. The van der Waals surface area contributed by atoms with Crippen LogP contribution in [0.25, 0.3) is 10.9 Å². The molecule has 0 spiro atoms. The number of aromatic nitrogens is 1. The van der Waals surface area contributed by atoms with Gasteiger partial charge in [-0.05, 0) is 36.8 Å². The first kappa shape index (κ1) is 6.47. The highest BCUT2D eigenvalue weighted by molar-refractivity contribution is 5.82. The summed E-state index contributed by atoms with van der Waals surface area (Å²) >= 11 is 0. The minimum Gasteiger partial charge on any atom is -0.350 e. The Bertz CT molecular complexity index is 385. The fraction of sp³-hybridized carbons (Fsp3) is 0.200. The van der Waals surface area contributed by atoms with Crippen LogP contribution in [-0.2, 0) is 7.05 Å². The van der Waals surface area contributed by atoms with Gasteiger partial charge in [0.15, 0.2) is 0 Å². The van der Waals surface area contributed by atoms with Gasteiger partial charge < -0.3 is 4.57 Å². The van der Waals surface area contributed by atoms with E-state index in [0.717, 1.165) is 0 Å². The van der Waals surface area contributed by atoms with Crippen molar-refractivity contribution < 1.29 is 0 Å². The zero-order valence-corrected chi connectivity index (χ0v) is 6.76. The van der Waals surface area contributed by atoms with Gasteiger partial charge in [0, 0.05) is 18.6 Å². The molecule has 0 saturated carbocycles. The minimum absolute atomic E-state index is 1.27. The second kappa shape index (κ2) is 2.12. The predicted molar refractivity (Wildman–Crippen MR) is 46.5 cm³/mol. The molecule has 0 aliphatic heterocycles. The summed E-state index contributed by atoms with van der Waals surface area (Å²) in [5, 5.41) is 1.27. The Morgan fingerprint density at radius 2 is 2.18 bits per heavy atom. The van der Waals surface area contributed by atoms with Crippen molar-refractivity contribution in [3.8, 4) is 0 Å². The number of benzene rings is 1. The van der Waals surface area contributed by atoms with Crippen LogP contribution in [0.4, 0.5) is 0 Å². The molecule has 0 fully saturated rings. The summed E-state index contributed by atoms with van der Waals surface area (Å²) in [5.74, 6) is 0. The van der Waals surface area contributed by atoms with Crippen LogP contribution in [0.3, 0.4) is 0 Å². The van der Waals surface area contributed by atoms with Crippen LogP contribution < -0.4 is 0 Å². The Labute approximate surface area is 66.3 Å². The first-order valence-electron chi connectivity index (χ1n) is 3.71. The molecular formula is C10H10N. The van der Waals surface area contributed by atoms with E-state index in [4.69, 9.17) is 0 Å². The van der Waals surface area contributed by atoms with Gasteiger partial charge in [0.1, 0.15) is 0 Å². The standard InChI is InChI=1S/C10H10N/c1-8-4-3-5-9-6-7-11(2)10(8)9/h4-7H,1-2H3. The van der Waals surface area contributed by atoms with Gasteiger partial charge in [-0.2, -0.15) is 0 Å². The largest absolute Gasteiger partial charge is 0.350 e. The van der Waals surface area contributed by atoms with Crippen LogP contribution in [0.1, 0.15) is 5.56 Å². The van der Waals surface area contributed by atoms with Crippen molar-refractivity contribution in [3.63, 3.8) is 0 Å². The van der Waals surface area contributed by atoms with E-state index in [9.17, 15) is 0 Å². The van der Waals surface area contributed by atoms with Crippen LogP contribution in [0.15, 0.2) is 24.4 Å². The Hall–Kier alpha value is -1.24. The molecule has 1 aromatic carbocycles. The van der Waals surface area contributed by atoms with Gasteiger partial charge in [-0.3, -0.25) is 0 Å². The summed E-state index contributed by atoms with van der Waals surface area (Å²) in [7, 11) is 2.06. The van der Waals surface area contributed by atoms with E-state index in [2.05, 4.69) is 36.9 Å². The molecule has 0 saturated heterocycles. The second-order valence-corrected chi connectivity index (χ2v) is 2.87. The van der Waals surface area contributed by atoms with Gasteiger partial charge in [0.2, 0.25) is 0 Å². The summed E-state index contributed by atoms with van der Waals surface area (Å²) in [5.41, 5.74) is 2.60. The van der Waals surface area contributed by atoms with Crippen molar-refractivity contribution >= 4 is 10.9 Å². The number of hydrogen-bond acceptors (Lipinski definition) is 0. The van der Waals surface area contributed by atoms with Crippen molar-refractivity contribution in [1.29, 1.82) is 0 Å². The normalized spacial score (nSPS) is 10.7. The van der Waals surface area contributed by atoms with E-state index in [1.54, 1.807) is 0 Å². The molecule has 0 unspecified atom stereocenters. The molecule has 0 bridgehead atoms. The highest BCUT2D eigenvalue weighted by Gasteiger charge is 1.98. The van der Waals surface area contributed by atoms with Crippen molar-refractivity contribution in [3.05, 3.63) is 36.0 Å². The Morgan fingerprint density at radius 1 is 1.36 bits per heavy atom. The monoisotopic (exact) mass is 144 g/mol. The molecule has 0 aliphatic rings. The third-order valence-corrected chi connectivity index (χ3v) is 2.02. The summed E-state index contributed by atoms with van der Waals surface area (Å²) < 4.78 is 2.14. The van der Waals surface area contributed by atoms with Crippen molar-refractivity contribution in [2.45, 2.75) is 6.92 Å². The molecule has 0 aliphatic carbocycles. The first-order chi connectivity index (χ1) is 5.29. The van der Waals surface area contributed by atoms with Crippen molar-refractivity contribution in [2.24, 2.45) is 7.05 Å². The third-order valence-electron chi connectivity index (χ3n) is 2.02. The van der Waals surface area contributed by atoms with E-state index in [-0.39, 0.29) is 0 Å². The summed E-state index contributed by atoms with van der Waals surface area (Å²) in [6.45, 7) is 2.11. The number of hydrogen-bond donors (Lipinski definition) is 0. The number of nitrogens with zero attached hydrogens (tertiary/aromatic N) is 1. The van der Waals surface area contributed by atoms with Crippen LogP contribution in [0.2, 0.25) is 0 Å². The molecule has 1 heterocycles. The third kappa shape index (κ3) is 0.845. The average molecular weight is 144 g/mol. The maximum absolute atomic E-state index is 3.10. The van der Waals surface area contributed by atoms with Gasteiger partial charge in [0.05, 0.1) is 5.52 Å².